The fourth-order valence-corrected chi connectivity index (χ4v) is 9.04. The molecule has 1 aliphatic carbocycles. The Morgan fingerprint density at radius 3 is 2.59 bits per heavy atom. The predicted molar refractivity (Wildman–Crippen MR) is 185 cm³/mol. The molecule has 8 rings (SSSR count). The van der Waals surface area contributed by atoms with E-state index in [0.29, 0.717) is 62.1 Å². The Bertz CT molecular complexity index is 1680. The molecule has 6 heterocycles. The summed E-state index contributed by atoms with van der Waals surface area (Å²) in [6.45, 7) is 5.35. The number of hydrogen-bond donors (Lipinski definition) is 3. The number of fused-ring (bicyclic) bond motifs is 2. The van der Waals surface area contributed by atoms with Gasteiger partial charge in [-0.05, 0) is 101 Å². The number of rotatable bonds is 8. The Labute approximate surface area is 286 Å². The number of nitrogens with zero attached hydrogens (tertiary/aromatic N) is 6. The molecule has 13 heteroatoms. The molecule has 4 fully saturated rings. The molecule has 49 heavy (non-hydrogen) atoms. The zero-order valence-corrected chi connectivity index (χ0v) is 28.7. The first-order chi connectivity index (χ1) is 23.8. The summed E-state index contributed by atoms with van der Waals surface area (Å²) in [5, 5.41) is 14.6. The van der Waals surface area contributed by atoms with Crippen molar-refractivity contribution in [2.24, 2.45) is 5.41 Å². The number of piperidine rings is 3. The molecule has 2 aromatic heterocycles. The summed E-state index contributed by atoms with van der Waals surface area (Å²) >= 11 is 0. The van der Waals surface area contributed by atoms with Crippen LogP contribution in [0.15, 0.2) is 30.5 Å². The number of imidazole rings is 1. The van der Waals surface area contributed by atoms with Gasteiger partial charge in [-0.1, -0.05) is 12.1 Å². The number of carbonyl (C=O) groups excluding carboxylic acids is 1. The molecule has 1 amide bonds. The molecule has 5 aliphatic rings. The Morgan fingerprint density at radius 1 is 1.08 bits per heavy atom. The number of carbonyl (C=O) groups is 1. The summed E-state index contributed by atoms with van der Waals surface area (Å²) in [6, 6.07) is 8.66. The molecular formula is C36H49F2N9O2. The zero-order valence-electron chi connectivity index (χ0n) is 28.7. The van der Waals surface area contributed by atoms with Gasteiger partial charge >= 0.3 is 0 Å². The standard InChI is InChI=1S/C36H49F2N9O2/c1-39-28-20-32(43-47-30(21-41-33(28)47)34(48)42-27-6-7-31(27)49-2)46-16-10-26-24(4-3-5-29(26)46)22-44-17-11-35(36(37,38)23-44)12-18-45(19-13-35)25-8-14-40-15-9-25/h3-5,20-21,25,27,31,39-40H,6-19,22-23H2,1-2H3,(H,42,48)/t27-,31-/m1/s1. The number of ether oxygens (including phenoxy) is 1. The first-order valence-electron chi connectivity index (χ1n) is 18.1. The van der Waals surface area contributed by atoms with E-state index in [0.717, 1.165) is 75.2 Å². The third-order valence-corrected chi connectivity index (χ3v) is 12.3. The Morgan fingerprint density at radius 2 is 1.88 bits per heavy atom. The maximum Gasteiger partial charge on any atom is 0.271 e. The van der Waals surface area contributed by atoms with Crippen molar-refractivity contribution in [3.63, 3.8) is 0 Å². The van der Waals surface area contributed by atoms with Crippen molar-refractivity contribution in [1.82, 2.24) is 35.0 Å². The van der Waals surface area contributed by atoms with Crippen molar-refractivity contribution in [1.29, 1.82) is 0 Å². The molecule has 4 aliphatic heterocycles. The molecule has 1 saturated carbocycles. The molecule has 1 spiro atoms. The second-order valence-electron chi connectivity index (χ2n) is 14.8. The summed E-state index contributed by atoms with van der Waals surface area (Å²) in [7, 11) is 3.50. The number of methoxy groups -OCH3 is 1. The number of hydrogen-bond acceptors (Lipinski definition) is 9. The lowest BCUT2D eigenvalue weighted by Gasteiger charge is -2.52. The minimum atomic E-state index is -2.71. The summed E-state index contributed by atoms with van der Waals surface area (Å²) in [5.74, 6) is -2.25. The third kappa shape index (κ3) is 5.86. The van der Waals surface area contributed by atoms with Crippen LogP contribution in [0.5, 0.6) is 0 Å². The number of likely N-dealkylation sites (tertiary alicyclic amines) is 2. The van der Waals surface area contributed by atoms with Gasteiger partial charge in [0.2, 0.25) is 0 Å². The molecule has 3 N–H and O–H groups in total. The average Bonchev–Trinajstić information content (AvgIpc) is 3.74. The highest BCUT2D eigenvalue weighted by Crippen LogP contribution is 2.51. The number of aromatic nitrogens is 3. The van der Waals surface area contributed by atoms with Gasteiger partial charge in [-0.15, -0.1) is 5.10 Å². The molecule has 0 bridgehead atoms. The van der Waals surface area contributed by atoms with Gasteiger partial charge in [0.1, 0.15) is 0 Å². The van der Waals surface area contributed by atoms with E-state index in [4.69, 9.17) is 9.84 Å². The smallest absolute Gasteiger partial charge is 0.271 e. The largest absolute Gasteiger partial charge is 0.385 e. The lowest BCUT2D eigenvalue weighted by Crippen LogP contribution is -2.60. The van der Waals surface area contributed by atoms with Crippen molar-refractivity contribution in [3.8, 4) is 0 Å². The average molecular weight is 678 g/mol. The minimum Gasteiger partial charge on any atom is -0.385 e. The number of amides is 1. The van der Waals surface area contributed by atoms with Gasteiger partial charge in [0.25, 0.3) is 11.8 Å². The maximum atomic E-state index is 16.1. The van der Waals surface area contributed by atoms with Crippen LogP contribution in [0.25, 0.3) is 5.65 Å². The number of benzene rings is 1. The lowest BCUT2D eigenvalue weighted by molar-refractivity contribution is -0.191. The van der Waals surface area contributed by atoms with E-state index in [1.807, 2.05) is 24.1 Å². The molecule has 3 saturated heterocycles. The van der Waals surface area contributed by atoms with E-state index in [1.165, 1.54) is 5.56 Å². The van der Waals surface area contributed by atoms with Crippen molar-refractivity contribution in [2.75, 3.05) is 70.2 Å². The van der Waals surface area contributed by atoms with Crippen LogP contribution >= 0.6 is 0 Å². The van der Waals surface area contributed by atoms with Crippen LogP contribution in [0.1, 0.15) is 66.6 Å². The highest BCUT2D eigenvalue weighted by Gasteiger charge is 2.57. The topological polar surface area (TPSA) is 102 Å². The quantitative estimate of drug-likeness (QED) is 0.326. The first kappa shape index (κ1) is 32.8. The predicted octanol–water partition coefficient (Wildman–Crippen LogP) is 4.05. The molecule has 11 nitrogen and oxygen atoms in total. The fourth-order valence-electron chi connectivity index (χ4n) is 9.04. The zero-order chi connectivity index (χ0) is 33.8. The van der Waals surface area contributed by atoms with Gasteiger partial charge in [-0.2, -0.15) is 0 Å². The number of halogens is 2. The molecule has 264 valence electrons. The summed E-state index contributed by atoms with van der Waals surface area (Å²) in [5.41, 5.74) is 4.11. The monoisotopic (exact) mass is 677 g/mol. The van der Waals surface area contributed by atoms with Crippen LogP contribution in [0.2, 0.25) is 0 Å². The highest BCUT2D eigenvalue weighted by molar-refractivity contribution is 5.94. The van der Waals surface area contributed by atoms with E-state index in [-0.39, 0.29) is 24.6 Å². The Kier molecular flexibility index (Phi) is 8.74. The Hall–Kier alpha value is -3.39. The molecular weight excluding hydrogens is 628 g/mol. The molecule has 3 aromatic rings. The van der Waals surface area contributed by atoms with Gasteiger partial charge in [-0.25, -0.2) is 18.3 Å². The highest BCUT2D eigenvalue weighted by atomic mass is 19.3. The number of anilines is 3. The molecule has 1 aromatic carbocycles. The van der Waals surface area contributed by atoms with E-state index < -0.39 is 11.3 Å². The van der Waals surface area contributed by atoms with Gasteiger partial charge in [-0.3, -0.25) is 9.69 Å². The van der Waals surface area contributed by atoms with Crippen LogP contribution in [-0.2, 0) is 17.7 Å². The number of alkyl halides is 2. The van der Waals surface area contributed by atoms with Crippen molar-refractivity contribution in [2.45, 2.75) is 82.0 Å². The van der Waals surface area contributed by atoms with Gasteiger partial charge < -0.3 is 30.5 Å². The van der Waals surface area contributed by atoms with Crippen LogP contribution in [-0.4, -0.2) is 114 Å². The molecule has 2 atom stereocenters. The van der Waals surface area contributed by atoms with Crippen LogP contribution < -0.4 is 20.9 Å². The first-order valence-corrected chi connectivity index (χ1v) is 18.1. The minimum absolute atomic E-state index is 0.0226. The fraction of sp³-hybridized carbons (Fsp3) is 0.639. The lowest BCUT2D eigenvalue weighted by atomic mass is 9.68. The van der Waals surface area contributed by atoms with Crippen molar-refractivity contribution < 1.29 is 18.3 Å². The molecule has 0 radical (unpaired) electrons. The van der Waals surface area contributed by atoms with E-state index in [9.17, 15) is 4.79 Å². The van der Waals surface area contributed by atoms with Crippen LogP contribution in [0.4, 0.5) is 26.0 Å². The SMILES string of the molecule is CNc1cc(N2CCc3c(CN4CCC5(CCN(C6CCNCC6)CC5)C(F)(F)C4)cccc32)nn2c(C(=O)N[C@@H]3CC[C@H]3OC)cnc12. The molecule has 0 unspecified atom stereocenters. The summed E-state index contributed by atoms with van der Waals surface area (Å²) in [4.78, 5) is 24.4. The van der Waals surface area contributed by atoms with Gasteiger partial charge in [0.15, 0.2) is 17.2 Å². The second-order valence-corrected chi connectivity index (χ2v) is 14.8. The normalized spacial score (nSPS) is 25.8. The van der Waals surface area contributed by atoms with Gasteiger partial charge in [0, 0.05) is 50.5 Å². The van der Waals surface area contributed by atoms with E-state index >= 15 is 8.78 Å². The third-order valence-electron chi connectivity index (χ3n) is 12.3. The summed E-state index contributed by atoms with van der Waals surface area (Å²) < 4.78 is 39.2. The van der Waals surface area contributed by atoms with Crippen LogP contribution in [0.3, 0.4) is 0 Å². The van der Waals surface area contributed by atoms with Gasteiger partial charge in [0.05, 0.1) is 30.6 Å². The van der Waals surface area contributed by atoms with Crippen LogP contribution in [0, 0.1) is 5.41 Å². The van der Waals surface area contributed by atoms with Crippen molar-refractivity contribution >= 4 is 28.7 Å². The van der Waals surface area contributed by atoms with Crippen molar-refractivity contribution in [3.05, 3.63) is 47.3 Å². The number of nitrogens with one attached hydrogen (secondary N) is 3. The Balaban J connectivity index is 0.977. The maximum absolute atomic E-state index is 16.1. The summed E-state index contributed by atoms with van der Waals surface area (Å²) in [6.07, 6.45) is 8.15. The second kappa shape index (κ2) is 13.1. The van der Waals surface area contributed by atoms with E-state index in [1.54, 1.807) is 17.8 Å². The van der Waals surface area contributed by atoms with E-state index in [2.05, 4.69) is 42.9 Å².